The maximum absolute atomic E-state index is 12.9. The van der Waals surface area contributed by atoms with Crippen LogP contribution in [0.3, 0.4) is 0 Å². The monoisotopic (exact) mass is 265 g/mol. The fraction of sp³-hybridized carbons (Fsp3) is 0.571. The molecule has 4 nitrogen and oxygen atoms in total. The number of hydrogen-bond acceptors (Lipinski definition) is 3. The number of rotatable bonds is 3. The van der Waals surface area contributed by atoms with E-state index in [1.165, 1.54) is 18.2 Å². The average Bonchev–Trinajstić information content (AvgIpc) is 2.39. The molecule has 0 bridgehead atoms. The zero-order chi connectivity index (χ0) is 13.8. The lowest BCUT2D eigenvalue weighted by Gasteiger charge is -2.34. The van der Waals surface area contributed by atoms with Gasteiger partial charge in [0.2, 0.25) is 5.95 Å². The number of carbonyl (C=O) groups excluding carboxylic acids is 1. The number of aromatic nitrogens is 1. The van der Waals surface area contributed by atoms with Crippen molar-refractivity contribution < 1.29 is 9.18 Å². The summed E-state index contributed by atoms with van der Waals surface area (Å²) in [6, 6.07) is 4.96. The summed E-state index contributed by atoms with van der Waals surface area (Å²) in [7, 11) is 0. The zero-order valence-electron chi connectivity index (χ0n) is 11.4. The molecule has 1 aromatic heterocycles. The van der Waals surface area contributed by atoms with E-state index in [-0.39, 0.29) is 17.6 Å². The first-order valence-electron chi connectivity index (χ1n) is 6.73. The topological polar surface area (TPSA) is 45.2 Å². The molecule has 0 atom stereocenters. The number of likely N-dealkylation sites (tertiary alicyclic amines) is 1. The number of nitrogens with one attached hydrogen (secondary N) is 1. The molecule has 0 unspecified atom stereocenters. The van der Waals surface area contributed by atoms with Gasteiger partial charge in [-0.2, -0.15) is 4.39 Å². The molecular weight excluding hydrogens is 245 g/mol. The van der Waals surface area contributed by atoms with Gasteiger partial charge in [-0.25, -0.2) is 4.98 Å². The Labute approximate surface area is 113 Å². The van der Waals surface area contributed by atoms with Gasteiger partial charge in [0.25, 0.3) is 5.91 Å². The predicted molar refractivity (Wildman–Crippen MR) is 71.4 cm³/mol. The Morgan fingerprint density at radius 2 is 2.11 bits per heavy atom. The maximum Gasteiger partial charge on any atom is 0.270 e. The van der Waals surface area contributed by atoms with Crippen molar-refractivity contribution in [1.29, 1.82) is 0 Å². The molecule has 2 rings (SSSR count). The lowest BCUT2D eigenvalue weighted by Crippen LogP contribution is -2.46. The third-order valence-corrected chi connectivity index (χ3v) is 3.54. The van der Waals surface area contributed by atoms with Gasteiger partial charge in [0.1, 0.15) is 5.69 Å². The third kappa shape index (κ3) is 3.73. The Morgan fingerprint density at radius 3 is 2.68 bits per heavy atom. The number of amides is 1. The molecule has 2 heterocycles. The van der Waals surface area contributed by atoms with E-state index in [1.807, 2.05) is 0 Å². The Balaban J connectivity index is 1.87. The SMILES string of the molecule is CC(C)N1CCC(NC(=O)c2cccc(F)n2)CC1. The highest BCUT2D eigenvalue weighted by Gasteiger charge is 2.22. The van der Waals surface area contributed by atoms with E-state index in [4.69, 9.17) is 0 Å². The van der Waals surface area contributed by atoms with Gasteiger partial charge in [0, 0.05) is 25.2 Å². The van der Waals surface area contributed by atoms with Crippen LogP contribution in [-0.4, -0.2) is 41.0 Å². The van der Waals surface area contributed by atoms with Crippen LogP contribution in [-0.2, 0) is 0 Å². The van der Waals surface area contributed by atoms with E-state index in [0.717, 1.165) is 25.9 Å². The van der Waals surface area contributed by atoms with Crippen molar-refractivity contribution in [2.75, 3.05) is 13.1 Å². The lowest BCUT2D eigenvalue weighted by molar-refractivity contribution is 0.0894. The van der Waals surface area contributed by atoms with E-state index in [9.17, 15) is 9.18 Å². The Morgan fingerprint density at radius 1 is 1.42 bits per heavy atom. The number of pyridine rings is 1. The molecule has 0 spiro atoms. The van der Waals surface area contributed by atoms with E-state index in [2.05, 4.69) is 29.0 Å². The fourth-order valence-electron chi connectivity index (χ4n) is 2.35. The minimum atomic E-state index is -0.623. The molecule has 1 aliphatic rings. The summed E-state index contributed by atoms with van der Waals surface area (Å²) in [5.74, 6) is -0.912. The second kappa shape index (κ2) is 6.10. The highest BCUT2D eigenvalue weighted by Crippen LogP contribution is 2.13. The van der Waals surface area contributed by atoms with Gasteiger partial charge in [0.05, 0.1) is 0 Å². The van der Waals surface area contributed by atoms with Gasteiger partial charge < -0.3 is 10.2 Å². The normalized spacial score (nSPS) is 17.7. The van der Waals surface area contributed by atoms with Crippen LogP contribution < -0.4 is 5.32 Å². The van der Waals surface area contributed by atoms with Crippen molar-refractivity contribution in [2.24, 2.45) is 0 Å². The number of hydrogen-bond donors (Lipinski definition) is 1. The number of piperidine rings is 1. The molecule has 104 valence electrons. The Bertz CT molecular complexity index is 442. The first-order chi connectivity index (χ1) is 9.06. The molecule has 19 heavy (non-hydrogen) atoms. The molecule has 0 aliphatic carbocycles. The molecular formula is C14H20FN3O. The van der Waals surface area contributed by atoms with Gasteiger partial charge in [-0.05, 0) is 38.8 Å². The molecule has 0 radical (unpaired) electrons. The molecule has 1 N–H and O–H groups in total. The summed E-state index contributed by atoms with van der Waals surface area (Å²) < 4.78 is 12.9. The summed E-state index contributed by atoms with van der Waals surface area (Å²) in [4.78, 5) is 17.9. The molecule has 1 amide bonds. The second-order valence-electron chi connectivity index (χ2n) is 5.22. The largest absolute Gasteiger partial charge is 0.348 e. The Hall–Kier alpha value is -1.49. The van der Waals surface area contributed by atoms with Crippen molar-refractivity contribution >= 4 is 5.91 Å². The van der Waals surface area contributed by atoms with Crippen molar-refractivity contribution in [3.63, 3.8) is 0 Å². The van der Waals surface area contributed by atoms with E-state index < -0.39 is 5.95 Å². The van der Waals surface area contributed by atoms with Crippen LogP contribution in [0.5, 0.6) is 0 Å². The van der Waals surface area contributed by atoms with Gasteiger partial charge >= 0.3 is 0 Å². The van der Waals surface area contributed by atoms with Gasteiger partial charge in [-0.1, -0.05) is 6.07 Å². The molecule has 0 aromatic carbocycles. The predicted octanol–water partition coefficient (Wildman–Crippen LogP) is 1.82. The summed E-state index contributed by atoms with van der Waals surface area (Å²) in [6.45, 7) is 6.32. The van der Waals surface area contributed by atoms with Gasteiger partial charge in [-0.15, -0.1) is 0 Å². The van der Waals surface area contributed by atoms with Gasteiger partial charge in [-0.3, -0.25) is 4.79 Å². The van der Waals surface area contributed by atoms with Crippen LogP contribution in [0, 0.1) is 5.95 Å². The summed E-state index contributed by atoms with van der Waals surface area (Å²) in [5, 5.41) is 2.93. The summed E-state index contributed by atoms with van der Waals surface area (Å²) in [6.07, 6.45) is 1.86. The van der Waals surface area contributed by atoms with E-state index >= 15 is 0 Å². The van der Waals surface area contributed by atoms with E-state index in [0.29, 0.717) is 6.04 Å². The third-order valence-electron chi connectivity index (χ3n) is 3.54. The maximum atomic E-state index is 12.9. The summed E-state index contributed by atoms with van der Waals surface area (Å²) in [5.41, 5.74) is 0.145. The Kier molecular flexibility index (Phi) is 4.47. The van der Waals surface area contributed by atoms with Crippen LogP contribution in [0.2, 0.25) is 0 Å². The smallest absolute Gasteiger partial charge is 0.270 e. The first-order valence-corrected chi connectivity index (χ1v) is 6.73. The molecule has 1 saturated heterocycles. The quantitative estimate of drug-likeness (QED) is 0.848. The van der Waals surface area contributed by atoms with Crippen molar-refractivity contribution in [2.45, 2.75) is 38.8 Å². The highest BCUT2D eigenvalue weighted by molar-refractivity contribution is 5.92. The standard InChI is InChI=1S/C14H20FN3O/c1-10(2)18-8-6-11(7-9-18)16-14(19)12-4-3-5-13(15)17-12/h3-5,10-11H,6-9H2,1-2H3,(H,16,19). The van der Waals surface area contributed by atoms with Crippen LogP contribution in [0.15, 0.2) is 18.2 Å². The molecule has 0 saturated carbocycles. The highest BCUT2D eigenvalue weighted by atomic mass is 19.1. The molecule has 1 fully saturated rings. The first kappa shape index (κ1) is 13.9. The molecule has 1 aliphatic heterocycles. The number of nitrogens with zero attached hydrogens (tertiary/aromatic N) is 2. The minimum absolute atomic E-state index is 0.145. The number of carbonyl (C=O) groups is 1. The van der Waals surface area contributed by atoms with Crippen molar-refractivity contribution in [1.82, 2.24) is 15.2 Å². The van der Waals surface area contributed by atoms with Crippen LogP contribution in [0.1, 0.15) is 37.2 Å². The van der Waals surface area contributed by atoms with Crippen LogP contribution in [0.25, 0.3) is 0 Å². The lowest BCUT2D eigenvalue weighted by atomic mass is 10.0. The van der Waals surface area contributed by atoms with E-state index in [1.54, 1.807) is 0 Å². The second-order valence-corrected chi connectivity index (χ2v) is 5.22. The zero-order valence-corrected chi connectivity index (χ0v) is 11.4. The summed E-state index contributed by atoms with van der Waals surface area (Å²) >= 11 is 0. The van der Waals surface area contributed by atoms with Gasteiger partial charge in [0.15, 0.2) is 0 Å². The van der Waals surface area contributed by atoms with Crippen LogP contribution >= 0.6 is 0 Å². The molecule has 1 aromatic rings. The fourth-order valence-corrected chi connectivity index (χ4v) is 2.35. The minimum Gasteiger partial charge on any atom is -0.348 e. The van der Waals surface area contributed by atoms with Crippen molar-refractivity contribution in [3.8, 4) is 0 Å². The average molecular weight is 265 g/mol. The van der Waals surface area contributed by atoms with Crippen molar-refractivity contribution in [3.05, 3.63) is 29.8 Å². The van der Waals surface area contributed by atoms with Crippen LogP contribution in [0.4, 0.5) is 4.39 Å². The molecule has 5 heteroatoms. The number of halogens is 1.